The first-order chi connectivity index (χ1) is 4.85. The molecule has 10 heavy (non-hydrogen) atoms. The van der Waals surface area contributed by atoms with Gasteiger partial charge in [-0.05, 0) is 24.6 Å². The highest BCUT2D eigenvalue weighted by molar-refractivity contribution is 8.03. The molecule has 0 aromatic rings. The summed E-state index contributed by atoms with van der Waals surface area (Å²) in [6.45, 7) is 7.42. The molecule has 0 unspecified atom stereocenters. The maximum atomic E-state index is 3.08. The summed E-state index contributed by atoms with van der Waals surface area (Å²) in [6, 6.07) is 0. The predicted octanol–water partition coefficient (Wildman–Crippen LogP) is 1.65. The van der Waals surface area contributed by atoms with E-state index in [-0.39, 0.29) is 0 Å². The lowest BCUT2D eigenvalue weighted by Gasteiger charge is -2.12. The lowest BCUT2D eigenvalue weighted by molar-refractivity contribution is 0.342. The Labute approximate surface area is 68.2 Å². The summed E-state index contributed by atoms with van der Waals surface area (Å²) in [7, 11) is 0. The van der Waals surface area contributed by atoms with Crippen molar-refractivity contribution < 1.29 is 0 Å². The van der Waals surface area contributed by atoms with Crippen LogP contribution in [-0.4, -0.2) is 30.8 Å². The van der Waals surface area contributed by atoms with E-state index in [0.29, 0.717) is 0 Å². The van der Waals surface area contributed by atoms with Crippen LogP contribution in [0.2, 0.25) is 0 Å². The normalized spacial score (nSPS) is 9.20. The second kappa shape index (κ2) is 6.98. The molecule has 0 saturated carbocycles. The monoisotopic (exact) mass is 157 g/mol. The van der Waals surface area contributed by atoms with E-state index < -0.39 is 0 Å². The zero-order valence-corrected chi connectivity index (χ0v) is 7.79. The fourth-order valence-corrected chi connectivity index (χ4v) is 0.872. The van der Waals surface area contributed by atoms with E-state index in [0.717, 1.165) is 19.6 Å². The quantitative estimate of drug-likeness (QED) is 0.573. The minimum Gasteiger partial charge on any atom is -0.293 e. The van der Waals surface area contributed by atoms with Crippen molar-refractivity contribution in [3.8, 4) is 11.2 Å². The Morgan fingerprint density at radius 1 is 1.30 bits per heavy atom. The first kappa shape index (κ1) is 9.87. The molecule has 0 amide bonds. The Morgan fingerprint density at radius 3 is 2.30 bits per heavy atom. The van der Waals surface area contributed by atoms with Gasteiger partial charge in [0.1, 0.15) is 0 Å². The van der Waals surface area contributed by atoms with Gasteiger partial charge in [0.25, 0.3) is 0 Å². The first-order valence-electron chi connectivity index (χ1n) is 3.58. The Morgan fingerprint density at radius 2 is 1.90 bits per heavy atom. The van der Waals surface area contributed by atoms with Gasteiger partial charge < -0.3 is 0 Å². The highest BCUT2D eigenvalue weighted by Crippen LogP contribution is 1.87. The van der Waals surface area contributed by atoms with Gasteiger partial charge in [-0.25, -0.2) is 0 Å². The Balaban J connectivity index is 3.43. The van der Waals surface area contributed by atoms with Gasteiger partial charge in [-0.2, -0.15) is 0 Å². The van der Waals surface area contributed by atoms with Gasteiger partial charge in [0, 0.05) is 0 Å². The van der Waals surface area contributed by atoms with Crippen molar-refractivity contribution in [3.63, 3.8) is 0 Å². The molecule has 0 radical (unpaired) electrons. The van der Waals surface area contributed by atoms with Crippen LogP contribution < -0.4 is 0 Å². The number of nitrogens with zero attached hydrogens (tertiary/aromatic N) is 1. The van der Waals surface area contributed by atoms with Crippen LogP contribution in [0.25, 0.3) is 0 Å². The fraction of sp³-hybridized carbons (Fsp3) is 0.750. The van der Waals surface area contributed by atoms with Crippen LogP contribution in [0.3, 0.4) is 0 Å². The van der Waals surface area contributed by atoms with Gasteiger partial charge in [0.05, 0.1) is 6.54 Å². The molecule has 0 saturated heterocycles. The van der Waals surface area contributed by atoms with E-state index in [4.69, 9.17) is 0 Å². The summed E-state index contributed by atoms with van der Waals surface area (Å²) in [6.07, 6.45) is 2.00. The molecule has 0 heterocycles. The Bertz CT molecular complexity index is 119. The van der Waals surface area contributed by atoms with Crippen molar-refractivity contribution in [2.24, 2.45) is 0 Å². The fourth-order valence-electron chi connectivity index (χ4n) is 0.663. The van der Waals surface area contributed by atoms with E-state index in [1.54, 1.807) is 11.8 Å². The molecule has 2 heteroatoms. The number of thioether (sulfide) groups is 1. The third kappa shape index (κ3) is 4.72. The summed E-state index contributed by atoms with van der Waals surface area (Å²) in [5.41, 5.74) is 0. The van der Waals surface area contributed by atoms with E-state index in [2.05, 4.69) is 29.9 Å². The summed E-state index contributed by atoms with van der Waals surface area (Å²) in [5, 5.41) is 2.97. The van der Waals surface area contributed by atoms with Gasteiger partial charge in [0.15, 0.2) is 0 Å². The van der Waals surface area contributed by atoms with Crippen molar-refractivity contribution in [3.05, 3.63) is 0 Å². The maximum Gasteiger partial charge on any atom is 0.0610 e. The molecule has 0 aliphatic heterocycles. The second-order valence-electron chi connectivity index (χ2n) is 1.94. The molecule has 0 N–H and O–H groups in total. The molecule has 0 atom stereocenters. The minimum atomic E-state index is 0.911. The van der Waals surface area contributed by atoms with E-state index in [1.165, 1.54) is 0 Å². The lowest BCUT2D eigenvalue weighted by atomic mass is 10.5. The lowest BCUT2D eigenvalue weighted by Crippen LogP contribution is -2.22. The average Bonchev–Trinajstić information content (AvgIpc) is 1.99. The largest absolute Gasteiger partial charge is 0.293 e. The van der Waals surface area contributed by atoms with Crippen molar-refractivity contribution in [2.75, 3.05) is 25.9 Å². The van der Waals surface area contributed by atoms with Crippen LogP contribution in [-0.2, 0) is 0 Å². The Kier molecular flexibility index (Phi) is 6.89. The van der Waals surface area contributed by atoms with Crippen LogP contribution in [0.15, 0.2) is 0 Å². The molecule has 0 fully saturated rings. The summed E-state index contributed by atoms with van der Waals surface area (Å²) < 4.78 is 0. The van der Waals surface area contributed by atoms with Crippen LogP contribution >= 0.6 is 11.8 Å². The van der Waals surface area contributed by atoms with Gasteiger partial charge in [-0.15, -0.1) is 0 Å². The van der Waals surface area contributed by atoms with Gasteiger partial charge in [-0.3, -0.25) is 4.90 Å². The molecule has 0 bridgehead atoms. The standard InChI is InChI=1S/C8H15NS/c1-4-9(5-2)7-6-8-10-3/h4-5,7H2,1-3H3. The summed E-state index contributed by atoms with van der Waals surface area (Å²) in [5.74, 6) is 3.08. The Hall–Kier alpha value is -0.130. The third-order valence-corrected chi connectivity index (χ3v) is 1.72. The minimum absolute atomic E-state index is 0.911. The van der Waals surface area contributed by atoms with Gasteiger partial charge >= 0.3 is 0 Å². The molecule has 1 nitrogen and oxygen atoms in total. The topological polar surface area (TPSA) is 3.24 Å². The molecule has 0 aromatic heterocycles. The predicted molar refractivity (Wildman–Crippen MR) is 49.1 cm³/mol. The van der Waals surface area contributed by atoms with Crippen molar-refractivity contribution in [1.29, 1.82) is 0 Å². The van der Waals surface area contributed by atoms with Gasteiger partial charge in [0.2, 0.25) is 0 Å². The van der Waals surface area contributed by atoms with Crippen LogP contribution in [0.5, 0.6) is 0 Å². The highest BCUT2D eigenvalue weighted by Gasteiger charge is 1.92. The van der Waals surface area contributed by atoms with Crippen LogP contribution in [0, 0.1) is 11.2 Å². The molecule has 0 rings (SSSR count). The molecular formula is C8H15NS. The summed E-state index contributed by atoms with van der Waals surface area (Å²) in [4.78, 5) is 2.29. The average molecular weight is 157 g/mol. The van der Waals surface area contributed by atoms with E-state index in [9.17, 15) is 0 Å². The number of hydrogen-bond donors (Lipinski definition) is 0. The molecule has 58 valence electrons. The van der Waals surface area contributed by atoms with Crippen molar-refractivity contribution in [1.82, 2.24) is 4.90 Å². The smallest absolute Gasteiger partial charge is 0.0610 e. The molecule has 0 aliphatic rings. The zero-order chi connectivity index (χ0) is 7.82. The van der Waals surface area contributed by atoms with Gasteiger partial charge in [-0.1, -0.05) is 31.5 Å². The molecule has 0 spiro atoms. The number of rotatable bonds is 3. The molecule has 0 aliphatic carbocycles. The van der Waals surface area contributed by atoms with Crippen molar-refractivity contribution in [2.45, 2.75) is 13.8 Å². The van der Waals surface area contributed by atoms with Crippen LogP contribution in [0.1, 0.15) is 13.8 Å². The maximum absolute atomic E-state index is 3.08. The third-order valence-electron chi connectivity index (χ3n) is 1.37. The SMILES string of the molecule is CCN(CC)CC#CSC. The zero-order valence-electron chi connectivity index (χ0n) is 6.98. The van der Waals surface area contributed by atoms with Crippen LogP contribution in [0.4, 0.5) is 0 Å². The molecule has 0 aromatic carbocycles. The van der Waals surface area contributed by atoms with E-state index in [1.807, 2.05) is 6.26 Å². The first-order valence-corrected chi connectivity index (χ1v) is 4.80. The van der Waals surface area contributed by atoms with Crippen molar-refractivity contribution >= 4 is 11.8 Å². The second-order valence-corrected chi connectivity index (χ2v) is 2.56. The van der Waals surface area contributed by atoms with E-state index >= 15 is 0 Å². The number of hydrogen-bond acceptors (Lipinski definition) is 2. The highest BCUT2D eigenvalue weighted by atomic mass is 32.2. The molecular weight excluding hydrogens is 142 g/mol. The summed E-state index contributed by atoms with van der Waals surface area (Å²) >= 11 is 1.58.